The lowest BCUT2D eigenvalue weighted by molar-refractivity contribution is -0.247. The minimum absolute atomic E-state index is 0.128. The Bertz CT molecular complexity index is 892. The topological polar surface area (TPSA) is 173 Å². The van der Waals surface area contributed by atoms with Crippen molar-refractivity contribution in [3.05, 3.63) is 18.3 Å². The van der Waals surface area contributed by atoms with Crippen LogP contribution in [0.4, 0.5) is 14.6 Å². The highest BCUT2D eigenvalue weighted by Gasteiger charge is 2.59. The fourth-order valence-electron chi connectivity index (χ4n) is 2.85. The molecule has 0 aliphatic carbocycles. The number of nitrogen functional groups attached to an aromatic ring is 1. The van der Waals surface area contributed by atoms with Crippen LogP contribution in [0.5, 0.6) is 0 Å². The van der Waals surface area contributed by atoms with Crippen molar-refractivity contribution in [3.63, 3.8) is 0 Å². The number of nitrogens with zero attached hydrogens (tertiary/aromatic N) is 3. The number of alkyl halides is 1. The SMILES string of the molecule is Nc1ncnc2c1c(F)cn2[C@@]1(CO)C[C@H](O)[C@@](F)(COP(=O)(O)O)O1. The molecule has 14 heteroatoms. The number of anilines is 1. The highest BCUT2D eigenvalue weighted by Crippen LogP contribution is 2.47. The van der Waals surface area contributed by atoms with Crippen LogP contribution in [0, 0.1) is 5.82 Å². The summed E-state index contributed by atoms with van der Waals surface area (Å²) in [7, 11) is -5.05. The Kier molecular flexibility index (Phi) is 4.51. The monoisotopic (exact) mass is 396 g/mol. The molecule has 0 amide bonds. The van der Waals surface area contributed by atoms with Crippen molar-refractivity contribution in [1.29, 1.82) is 0 Å². The Hall–Kier alpha value is -1.73. The number of hydrogen-bond acceptors (Lipinski definition) is 8. The van der Waals surface area contributed by atoms with Crippen LogP contribution < -0.4 is 5.73 Å². The van der Waals surface area contributed by atoms with Crippen LogP contribution in [0.1, 0.15) is 6.42 Å². The molecule has 3 heterocycles. The molecule has 0 saturated carbocycles. The molecular weight excluding hydrogens is 381 g/mol. The van der Waals surface area contributed by atoms with Crippen LogP contribution in [0.2, 0.25) is 0 Å². The third-order valence-corrected chi connectivity index (χ3v) is 4.52. The summed E-state index contributed by atoms with van der Waals surface area (Å²) >= 11 is 0. The number of aliphatic hydroxyl groups excluding tert-OH is 2. The number of aliphatic hydroxyl groups is 2. The number of ether oxygens (including phenoxy) is 1. The molecule has 1 saturated heterocycles. The van der Waals surface area contributed by atoms with Crippen LogP contribution in [-0.4, -0.2) is 59.7 Å². The van der Waals surface area contributed by atoms with Gasteiger partial charge in [-0.3, -0.25) is 9.09 Å². The van der Waals surface area contributed by atoms with E-state index in [1.807, 2.05) is 0 Å². The molecule has 2 aromatic heterocycles. The summed E-state index contributed by atoms with van der Waals surface area (Å²) in [6.45, 7) is -2.24. The number of aromatic nitrogens is 3. The summed E-state index contributed by atoms with van der Waals surface area (Å²) in [6.07, 6.45) is -0.670. The standard InChI is InChI=1S/C12H15F2N4O7P/c13-6-2-18(10-8(6)9(15)16-5-17-10)11(3-19)1-7(20)12(14,25-11)4-24-26(21,22)23/h2,5,7,19-20H,1,3-4H2,(H2,15,16,17)(H2,21,22,23)/t7-,11-,12+/m0/s1. The molecule has 1 fully saturated rings. The predicted molar refractivity (Wildman–Crippen MR) is 80.5 cm³/mol. The molecule has 2 aromatic rings. The van der Waals surface area contributed by atoms with E-state index in [0.29, 0.717) is 0 Å². The van der Waals surface area contributed by atoms with E-state index in [-0.39, 0.29) is 16.9 Å². The Labute approximate surface area is 144 Å². The molecule has 1 aliphatic heterocycles. The molecule has 11 nitrogen and oxygen atoms in total. The summed E-state index contributed by atoms with van der Waals surface area (Å²) < 4.78 is 50.0. The molecule has 1 aliphatic rings. The Morgan fingerprint density at radius 1 is 1.50 bits per heavy atom. The largest absolute Gasteiger partial charge is 0.469 e. The van der Waals surface area contributed by atoms with Gasteiger partial charge >= 0.3 is 7.82 Å². The van der Waals surface area contributed by atoms with E-state index in [1.54, 1.807) is 0 Å². The minimum atomic E-state index is -5.05. The first-order chi connectivity index (χ1) is 12.0. The molecular formula is C12H15F2N4O7P. The number of rotatable bonds is 5. The second-order valence-corrected chi connectivity index (χ2v) is 7.02. The summed E-state index contributed by atoms with van der Waals surface area (Å²) in [5.41, 5.74) is 3.45. The number of nitrogens with two attached hydrogens (primary N) is 1. The third kappa shape index (κ3) is 3.07. The van der Waals surface area contributed by atoms with Gasteiger partial charge in [-0.15, -0.1) is 0 Å². The van der Waals surface area contributed by atoms with Crippen LogP contribution in [0.3, 0.4) is 0 Å². The van der Waals surface area contributed by atoms with Crippen molar-refractivity contribution in [2.75, 3.05) is 18.9 Å². The van der Waals surface area contributed by atoms with Crippen molar-refractivity contribution in [3.8, 4) is 0 Å². The normalized spacial score (nSPS) is 29.5. The molecule has 26 heavy (non-hydrogen) atoms. The van der Waals surface area contributed by atoms with Gasteiger partial charge in [0, 0.05) is 12.6 Å². The van der Waals surface area contributed by atoms with Gasteiger partial charge in [0.05, 0.1) is 12.0 Å². The van der Waals surface area contributed by atoms with Crippen molar-refractivity contribution >= 4 is 24.7 Å². The highest BCUT2D eigenvalue weighted by atomic mass is 31.2. The maximum Gasteiger partial charge on any atom is 0.469 e. The van der Waals surface area contributed by atoms with Gasteiger partial charge in [0.25, 0.3) is 5.85 Å². The molecule has 0 unspecified atom stereocenters. The predicted octanol–water partition coefficient (Wildman–Crippen LogP) is -0.646. The number of phosphoric acid groups is 1. The van der Waals surface area contributed by atoms with Gasteiger partial charge < -0.3 is 30.5 Å². The second-order valence-electron chi connectivity index (χ2n) is 5.78. The molecule has 3 rings (SSSR count). The minimum Gasteiger partial charge on any atom is -0.391 e. The smallest absolute Gasteiger partial charge is 0.391 e. The van der Waals surface area contributed by atoms with Crippen molar-refractivity contribution < 1.29 is 42.6 Å². The number of halogens is 2. The van der Waals surface area contributed by atoms with E-state index in [1.165, 1.54) is 0 Å². The first kappa shape index (κ1) is 19.0. The molecule has 144 valence electrons. The fraction of sp³-hybridized carbons (Fsp3) is 0.500. The van der Waals surface area contributed by atoms with Gasteiger partial charge in [-0.1, -0.05) is 0 Å². The second kappa shape index (κ2) is 6.16. The zero-order valence-corrected chi connectivity index (χ0v) is 13.9. The zero-order chi connectivity index (χ0) is 19.3. The van der Waals surface area contributed by atoms with E-state index in [4.69, 9.17) is 20.3 Å². The molecule has 0 spiro atoms. The summed E-state index contributed by atoms with van der Waals surface area (Å²) in [4.78, 5) is 24.9. The lowest BCUT2D eigenvalue weighted by Gasteiger charge is -2.30. The van der Waals surface area contributed by atoms with E-state index < -0.39 is 51.0 Å². The maximum absolute atomic E-state index is 14.9. The van der Waals surface area contributed by atoms with Crippen molar-refractivity contribution in [2.45, 2.75) is 24.1 Å². The van der Waals surface area contributed by atoms with Crippen LogP contribution in [0.25, 0.3) is 11.0 Å². The van der Waals surface area contributed by atoms with Gasteiger partial charge in [0.2, 0.25) is 0 Å². The molecule has 3 atom stereocenters. The first-order valence-corrected chi connectivity index (χ1v) is 8.70. The van der Waals surface area contributed by atoms with Gasteiger partial charge in [-0.25, -0.2) is 23.3 Å². The lowest BCUT2D eigenvalue weighted by Crippen LogP contribution is -2.42. The number of hydrogen-bond donors (Lipinski definition) is 5. The lowest BCUT2D eigenvalue weighted by atomic mass is 10.1. The Morgan fingerprint density at radius 2 is 2.19 bits per heavy atom. The van der Waals surface area contributed by atoms with Crippen LogP contribution >= 0.6 is 7.82 Å². The fourth-order valence-corrected chi connectivity index (χ4v) is 3.19. The van der Waals surface area contributed by atoms with Gasteiger partial charge in [0.1, 0.15) is 24.9 Å². The van der Waals surface area contributed by atoms with Crippen LogP contribution in [-0.2, 0) is 19.6 Å². The van der Waals surface area contributed by atoms with Gasteiger partial charge in [-0.05, 0) is 0 Å². The number of fused-ring (bicyclic) bond motifs is 1. The van der Waals surface area contributed by atoms with E-state index >= 15 is 0 Å². The average molecular weight is 396 g/mol. The Balaban J connectivity index is 2.04. The summed E-state index contributed by atoms with van der Waals surface area (Å²) in [6, 6.07) is 0. The van der Waals surface area contributed by atoms with Crippen molar-refractivity contribution in [2.24, 2.45) is 0 Å². The van der Waals surface area contributed by atoms with Gasteiger partial charge in [0.15, 0.2) is 17.2 Å². The van der Waals surface area contributed by atoms with Gasteiger partial charge in [-0.2, -0.15) is 0 Å². The van der Waals surface area contributed by atoms with E-state index in [9.17, 15) is 23.6 Å². The summed E-state index contributed by atoms with van der Waals surface area (Å²) in [5, 5.41) is 19.6. The highest BCUT2D eigenvalue weighted by molar-refractivity contribution is 7.46. The number of phosphoric ester groups is 1. The van der Waals surface area contributed by atoms with Crippen molar-refractivity contribution in [1.82, 2.24) is 14.5 Å². The van der Waals surface area contributed by atoms with E-state index in [0.717, 1.165) is 17.1 Å². The molecule has 0 aromatic carbocycles. The quantitative estimate of drug-likeness (QED) is 0.409. The maximum atomic E-state index is 14.9. The average Bonchev–Trinajstić information content (AvgIpc) is 3.03. The summed E-state index contributed by atoms with van der Waals surface area (Å²) in [5.74, 6) is -4.14. The van der Waals surface area contributed by atoms with E-state index in [2.05, 4.69) is 14.5 Å². The zero-order valence-electron chi connectivity index (χ0n) is 13.0. The first-order valence-electron chi connectivity index (χ1n) is 7.17. The third-order valence-electron chi connectivity index (χ3n) is 4.05. The van der Waals surface area contributed by atoms with Crippen LogP contribution in [0.15, 0.2) is 12.5 Å². The molecule has 6 N–H and O–H groups in total. The Morgan fingerprint density at radius 3 is 2.81 bits per heavy atom. The molecule has 0 radical (unpaired) electrons. The molecule has 0 bridgehead atoms.